The summed E-state index contributed by atoms with van der Waals surface area (Å²) in [5.41, 5.74) is 1.45. The first-order valence-electron chi connectivity index (χ1n) is 8.90. The van der Waals surface area contributed by atoms with Crippen LogP contribution in [-0.4, -0.2) is 73.6 Å². The third kappa shape index (κ3) is 6.88. The Bertz CT molecular complexity index is 661. The number of carbonyl (C=O) groups is 3. The number of morpholine rings is 1. The van der Waals surface area contributed by atoms with E-state index in [0.717, 1.165) is 5.56 Å². The fourth-order valence-corrected chi connectivity index (χ4v) is 3.12. The molecule has 0 bridgehead atoms. The van der Waals surface area contributed by atoms with Crippen molar-refractivity contribution in [2.75, 3.05) is 44.9 Å². The van der Waals surface area contributed by atoms with E-state index in [2.05, 4.69) is 5.32 Å². The van der Waals surface area contributed by atoms with Gasteiger partial charge >= 0.3 is 5.97 Å². The van der Waals surface area contributed by atoms with Crippen LogP contribution in [0.4, 0.5) is 0 Å². The average Bonchev–Trinajstić information content (AvgIpc) is 2.69. The standard InChI is InChI=1S/C19H26N2O5S/c1-14-4-3-5-15(12-14)18(23)20-16(6-11-27-2)19(24)26-13-17(22)21-7-9-25-10-8-21/h3-5,12,16H,6-11,13H2,1-2H3,(H,20,23). The van der Waals surface area contributed by atoms with Gasteiger partial charge in [0.05, 0.1) is 13.2 Å². The highest BCUT2D eigenvalue weighted by Crippen LogP contribution is 2.08. The Morgan fingerprint density at radius 2 is 2.04 bits per heavy atom. The van der Waals surface area contributed by atoms with Gasteiger partial charge in [0.1, 0.15) is 6.04 Å². The first kappa shape index (κ1) is 21.2. The number of hydrogen-bond acceptors (Lipinski definition) is 6. The Morgan fingerprint density at radius 3 is 2.70 bits per heavy atom. The molecular weight excluding hydrogens is 368 g/mol. The van der Waals surface area contributed by atoms with Crippen molar-refractivity contribution >= 4 is 29.5 Å². The zero-order valence-electron chi connectivity index (χ0n) is 15.7. The van der Waals surface area contributed by atoms with Crippen LogP contribution in [0.25, 0.3) is 0 Å². The first-order valence-corrected chi connectivity index (χ1v) is 10.3. The molecule has 1 aromatic rings. The van der Waals surface area contributed by atoms with E-state index in [1.807, 2.05) is 19.2 Å². The molecule has 2 rings (SSSR count). The number of nitrogens with one attached hydrogen (secondary N) is 1. The highest BCUT2D eigenvalue weighted by molar-refractivity contribution is 7.98. The van der Waals surface area contributed by atoms with Gasteiger partial charge in [-0.2, -0.15) is 11.8 Å². The van der Waals surface area contributed by atoms with Crippen molar-refractivity contribution < 1.29 is 23.9 Å². The summed E-state index contributed by atoms with van der Waals surface area (Å²) in [4.78, 5) is 38.6. The van der Waals surface area contributed by atoms with Crippen LogP contribution < -0.4 is 5.32 Å². The number of carbonyl (C=O) groups excluding carboxylic acids is 3. The lowest BCUT2D eigenvalue weighted by atomic mass is 10.1. The maximum atomic E-state index is 12.4. The molecule has 7 nitrogen and oxygen atoms in total. The lowest BCUT2D eigenvalue weighted by Crippen LogP contribution is -2.45. The molecule has 0 spiro atoms. The van der Waals surface area contributed by atoms with Gasteiger partial charge < -0.3 is 19.7 Å². The molecule has 0 saturated carbocycles. The highest BCUT2D eigenvalue weighted by atomic mass is 32.2. The molecule has 1 unspecified atom stereocenters. The number of esters is 1. The van der Waals surface area contributed by atoms with Gasteiger partial charge in [0.15, 0.2) is 6.61 Å². The van der Waals surface area contributed by atoms with Crippen molar-refractivity contribution in [1.29, 1.82) is 0 Å². The van der Waals surface area contributed by atoms with Crippen LogP contribution in [0, 0.1) is 6.92 Å². The lowest BCUT2D eigenvalue weighted by Gasteiger charge is -2.27. The van der Waals surface area contributed by atoms with E-state index in [1.54, 1.807) is 34.9 Å². The second kappa shape index (κ2) is 10.9. The molecule has 1 atom stereocenters. The number of benzene rings is 1. The molecular formula is C19H26N2O5S. The third-order valence-electron chi connectivity index (χ3n) is 4.18. The van der Waals surface area contributed by atoms with Crippen molar-refractivity contribution in [2.45, 2.75) is 19.4 Å². The zero-order chi connectivity index (χ0) is 19.6. The number of thioether (sulfide) groups is 1. The smallest absolute Gasteiger partial charge is 0.329 e. The number of nitrogens with zero attached hydrogens (tertiary/aromatic N) is 1. The normalized spacial score (nSPS) is 15.1. The van der Waals surface area contributed by atoms with Gasteiger partial charge in [0, 0.05) is 18.7 Å². The van der Waals surface area contributed by atoms with Crippen molar-refractivity contribution in [1.82, 2.24) is 10.2 Å². The van der Waals surface area contributed by atoms with Crippen LogP contribution in [0.15, 0.2) is 24.3 Å². The molecule has 8 heteroatoms. The summed E-state index contributed by atoms with van der Waals surface area (Å²) >= 11 is 1.57. The van der Waals surface area contributed by atoms with Gasteiger partial charge in [0.25, 0.3) is 11.8 Å². The number of aryl methyl sites for hydroxylation is 1. The van der Waals surface area contributed by atoms with Gasteiger partial charge in [-0.15, -0.1) is 0 Å². The van der Waals surface area contributed by atoms with Crippen LogP contribution in [-0.2, 0) is 19.1 Å². The Kier molecular flexibility index (Phi) is 8.60. The molecule has 1 aliphatic rings. The largest absolute Gasteiger partial charge is 0.454 e. The van der Waals surface area contributed by atoms with Crippen LogP contribution in [0.5, 0.6) is 0 Å². The fourth-order valence-electron chi connectivity index (χ4n) is 2.65. The van der Waals surface area contributed by atoms with Crippen molar-refractivity contribution in [3.63, 3.8) is 0 Å². The summed E-state index contributed by atoms with van der Waals surface area (Å²) in [6.45, 7) is 3.54. The van der Waals surface area contributed by atoms with Crippen LogP contribution in [0.2, 0.25) is 0 Å². The van der Waals surface area contributed by atoms with Gasteiger partial charge in [-0.3, -0.25) is 9.59 Å². The second-order valence-electron chi connectivity index (χ2n) is 6.28. The first-order chi connectivity index (χ1) is 13.0. The van der Waals surface area contributed by atoms with Crippen molar-refractivity contribution in [3.8, 4) is 0 Å². The summed E-state index contributed by atoms with van der Waals surface area (Å²) in [6.07, 6.45) is 2.36. The topological polar surface area (TPSA) is 84.9 Å². The summed E-state index contributed by atoms with van der Waals surface area (Å²) in [5.74, 6) is -0.487. The predicted molar refractivity (Wildman–Crippen MR) is 104 cm³/mol. The van der Waals surface area contributed by atoms with Crippen molar-refractivity contribution in [3.05, 3.63) is 35.4 Å². The minimum absolute atomic E-state index is 0.250. The Labute approximate surface area is 163 Å². The number of amides is 2. The second-order valence-corrected chi connectivity index (χ2v) is 7.26. The molecule has 0 radical (unpaired) electrons. The maximum Gasteiger partial charge on any atom is 0.329 e. The van der Waals surface area contributed by atoms with E-state index in [9.17, 15) is 14.4 Å². The van der Waals surface area contributed by atoms with Gasteiger partial charge in [-0.25, -0.2) is 4.79 Å². The van der Waals surface area contributed by atoms with Crippen LogP contribution >= 0.6 is 11.8 Å². The molecule has 1 fully saturated rings. The molecule has 1 aromatic carbocycles. The number of rotatable bonds is 8. The Morgan fingerprint density at radius 1 is 1.30 bits per heavy atom. The third-order valence-corrected chi connectivity index (χ3v) is 4.83. The minimum Gasteiger partial charge on any atom is -0.454 e. The summed E-state index contributed by atoms with van der Waals surface area (Å²) in [5, 5.41) is 2.73. The van der Waals surface area contributed by atoms with E-state index in [4.69, 9.17) is 9.47 Å². The number of hydrogen-bond donors (Lipinski definition) is 1. The van der Waals surface area contributed by atoms with E-state index < -0.39 is 12.0 Å². The van der Waals surface area contributed by atoms with Gasteiger partial charge in [0.2, 0.25) is 0 Å². The van der Waals surface area contributed by atoms with E-state index >= 15 is 0 Å². The highest BCUT2D eigenvalue weighted by Gasteiger charge is 2.25. The SMILES string of the molecule is CSCCC(NC(=O)c1cccc(C)c1)C(=O)OCC(=O)N1CCOCC1. The molecule has 1 aliphatic heterocycles. The predicted octanol–water partition coefficient (Wildman–Crippen LogP) is 1.25. The monoisotopic (exact) mass is 394 g/mol. The zero-order valence-corrected chi connectivity index (χ0v) is 16.5. The van der Waals surface area contributed by atoms with E-state index in [-0.39, 0.29) is 18.4 Å². The maximum absolute atomic E-state index is 12.4. The molecule has 0 aliphatic carbocycles. The summed E-state index contributed by atoms with van der Waals surface area (Å²) in [7, 11) is 0. The van der Waals surface area contributed by atoms with Crippen LogP contribution in [0.3, 0.4) is 0 Å². The summed E-state index contributed by atoms with van der Waals surface area (Å²) < 4.78 is 10.4. The Hall–Kier alpha value is -2.06. The molecule has 148 valence electrons. The molecule has 1 N–H and O–H groups in total. The molecule has 1 heterocycles. The average molecular weight is 394 g/mol. The van der Waals surface area contributed by atoms with Crippen LogP contribution in [0.1, 0.15) is 22.3 Å². The molecule has 27 heavy (non-hydrogen) atoms. The van der Waals surface area contributed by atoms with E-state index in [1.165, 1.54) is 0 Å². The molecule has 2 amide bonds. The minimum atomic E-state index is -0.789. The molecule has 0 aromatic heterocycles. The molecule has 1 saturated heterocycles. The number of ether oxygens (including phenoxy) is 2. The Balaban J connectivity index is 1.92. The fraction of sp³-hybridized carbons (Fsp3) is 0.526. The summed E-state index contributed by atoms with van der Waals surface area (Å²) in [6, 6.07) is 6.35. The quantitative estimate of drug-likeness (QED) is 0.668. The van der Waals surface area contributed by atoms with Crippen molar-refractivity contribution in [2.24, 2.45) is 0 Å². The van der Waals surface area contributed by atoms with Gasteiger partial charge in [-0.1, -0.05) is 17.7 Å². The van der Waals surface area contributed by atoms with Gasteiger partial charge in [-0.05, 0) is 37.5 Å². The lowest BCUT2D eigenvalue weighted by molar-refractivity contribution is -0.155. The van der Waals surface area contributed by atoms with E-state index in [0.29, 0.717) is 44.0 Å².